The molecule has 0 amide bonds. The van der Waals surface area contributed by atoms with E-state index in [-0.39, 0.29) is 22.8 Å². The van der Waals surface area contributed by atoms with Gasteiger partial charge in [0.25, 0.3) is 0 Å². The SMILES string of the molecule is B[C@@H]1O[C@](C)(CC)C(CCOC[C@@]2(C)O[C@@H](B)[C@@H](C)C2CCOC[C@@]2(C)O[C@@H](C)[C@@H](C)C2CC)[C@@H]1C. The Balaban J connectivity index is 1.49. The lowest BCUT2D eigenvalue weighted by Gasteiger charge is -2.34. The third-order valence-electron chi connectivity index (χ3n) is 10.9. The molecule has 3 rings (SSSR count). The lowest BCUT2D eigenvalue weighted by Crippen LogP contribution is -2.41. The van der Waals surface area contributed by atoms with E-state index in [0.29, 0.717) is 60.8 Å². The fraction of sp³-hybridized carbons (Fsp3) is 1.00. The molecule has 3 aliphatic rings. The number of hydrogen-bond acceptors (Lipinski definition) is 5. The number of rotatable bonds is 12. The van der Waals surface area contributed by atoms with Crippen LogP contribution in [-0.2, 0) is 23.7 Å². The maximum absolute atomic E-state index is 6.53. The van der Waals surface area contributed by atoms with Crippen LogP contribution in [-0.4, -0.2) is 77.0 Å². The molecule has 3 aliphatic heterocycles. The second-order valence-corrected chi connectivity index (χ2v) is 13.2. The highest BCUT2D eigenvalue weighted by Crippen LogP contribution is 2.45. The van der Waals surface area contributed by atoms with Crippen molar-refractivity contribution in [2.24, 2.45) is 35.5 Å². The summed E-state index contributed by atoms with van der Waals surface area (Å²) in [4.78, 5) is 0. The van der Waals surface area contributed by atoms with Crippen LogP contribution in [0, 0.1) is 35.5 Å². The minimum absolute atomic E-state index is 0.0368. The fourth-order valence-electron chi connectivity index (χ4n) is 8.05. The van der Waals surface area contributed by atoms with E-state index in [4.69, 9.17) is 23.7 Å². The van der Waals surface area contributed by atoms with Gasteiger partial charge in [-0.2, -0.15) is 0 Å². The molecule has 12 atom stereocenters. The van der Waals surface area contributed by atoms with Gasteiger partial charge in [-0.1, -0.05) is 41.0 Å². The van der Waals surface area contributed by atoms with Gasteiger partial charge in [0.2, 0.25) is 0 Å². The van der Waals surface area contributed by atoms with Crippen LogP contribution in [0.3, 0.4) is 0 Å². The van der Waals surface area contributed by atoms with Gasteiger partial charge in [0, 0.05) is 25.2 Å². The Kier molecular flexibility index (Phi) is 10.1. The Bertz CT molecular complexity index is 711. The Hall–Kier alpha value is -0.0701. The second kappa shape index (κ2) is 12.0. The molecular formula is C29H56B2O5. The molecule has 36 heavy (non-hydrogen) atoms. The van der Waals surface area contributed by atoms with Gasteiger partial charge in [-0.3, -0.25) is 0 Å². The zero-order valence-corrected chi connectivity index (χ0v) is 25.4. The van der Waals surface area contributed by atoms with Crippen LogP contribution in [0.15, 0.2) is 0 Å². The molecule has 0 bridgehead atoms. The van der Waals surface area contributed by atoms with Gasteiger partial charge in [0.05, 0.1) is 36.1 Å². The predicted molar refractivity (Wildman–Crippen MR) is 152 cm³/mol. The van der Waals surface area contributed by atoms with Crippen molar-refractivity contribution >= 4 is 15.7 Å². The number of ether oxygens (including phenoxy) is 5. The molecule has 7 heteroatoms. The molecular weight excluding hydrogens is 450 g/mol. The molecule has 5 nitrogen and oxygen atoms in total. The molecule has 0 aromatic carbocycles. The summed E-state index contributed by atoms with van der Waals surface area (Å²) in [5, 5.41) is 0. The monoisotopic (exact) mass is 506 g/mol. The maximum Gasteiger partial charge on any atom is 0.139 e. The van der Waals surface area contributed by atoms with Crippen molar-refractivity contribution in [1.82, 2.24) is 0 Å². The first-order valence-electron chi connectivity index (χ1n) is 15.0. The van der Waals surface area contributed by atoms with E-state index in [1.165, 1.54) is 0 Å². The van der Waals surface area contributed by atoms with Gasteiger partial charge in [-0.15, -0.1) is 0 Å². The standard InChI is InChI=1S/C29H56B2O5/c1-10-22-18(3)21(6)34-28(22,8)16-32-15-13-24-20(5)26(31)36-29(24,9)17-33-14-12-23-19(4)25(30)35-27(23,7)11-2/h18-26H,10-17,30-31H2,1-9H3/t18-,19+,20+,21+,22?,23?,24?,25-,26-,27-,28-,29-/m1/s1. The Labute approximate surface area is 224 Å². The summed E-state index contributed by atoms with van der Waals surface area (Å²) < 4.78 is 31.9. The summed E-state index contributed by atoms with van der Waals surface area (Å²) in [5.74, 6) is 3.12. The summed E-state index contributed by atoms with van der Waals surface area (Å²) in [7, 11) is 4.42. The summed E-state index contributed by atoms with van der Waals surface area (Å²) >= 11 is 0. The fourth-order valence-corrected chi connectivity index (χ4v) is 8.05. The van der Waals surface area contributed by atoms with Crippen molar-refractivity contribution in [2.75, 3.05) is 26.4 Å². The molecule has 0 radical (unpaired) electrons. The molecule has 208 valence electrons. The smallest absolute Gasteiger partial charge is 0.139 e. The van der Waals surface area contributed by atoms with Crippen LogP contribution in [0.2, 0.25) is 0 Å². The van der Waals surface area contributed by atoms with Gasteiger partial charge in [-0.05, 0) is 82.5 Å². The van der Waals surface area contributed by atoms with Gasteiger partial charge >= 0.3 is 0 Å². The highest BCUT2D eigenvalue weighted by molar-refractivity contribution is 6.11. The molecule has 3 fully saturated rings. The lowest BCUT2D eigenvalue weighted by atomic mass is 9.74. The summed E-state index contributed by atoms with van der Waals surface area (Å²) in [6.45, 7) is 23.3. The first-order valence-corrected chi connectivity index (χ1v) is 15.0. The summed E-state index contributed by atoms with van der Waals surface area (Å²) in [5.41, 5.74) is -0.494. The van der Waals surface area contributed by atoms with Crippen LogP contribution in [0.25, 0.3) is 0 Å². The van der Waals surface area contributed by atoms with E-state index in [1.807, 2.05) is 0 Å². The third kappa shape index (κ3) is 6.06. The van der Waals surface area contributed by atoms with Gasteiger partial charge in [0.1, 0.15) is 15.7 Å². The third-order valence-corrected chi connectivity index (χ3v) is 10.9. The lowest BCUT2D eigenvalue weighted by molar-refractivity contribution is -0.103. The molecule has 0 aromatic heterocycles. The van der Waals surface area contributed by atoms with E-state index >= 15 is 0 Å². The van der Waals surface area contributed by atoms with Gasteiger partial charge < -0.3 is 23.7 Å². The van der Waals surface area contributed by atoms with E-state index in [0.717, 1.165) is 38.9 Å². The van der Waals surface area contributed by atoms with Gasteiger partial charge in [-0.25, -0.2) is 0 Å². The minimum atomic E-state index is -0.274. The van der Waals surface area contributed by atoms with Crippen molar-refractivity contribution in [3.8, 4) is 0 Å². The predicted octanol–water partition coefficient (Wildman–Crippen LogP) is 4.05. The summed E-state index contributed by atoms with van der Waals surface area (Å²) in [6.07, 6.45) is 4.51. The first kappa shape index (κ1) is 30.5. The van der Waals surface area contributed by atoms with Crippen LogP contribution in [0.4, 0.5) is 0 Å². The average Bonchev–Trinajstić information content (AvgIpc) is 3.27. The summed E-state index contributed by atoms with van der Waals surface area (Å²) in [6, 6.07) is 0.551. The van der Waals surface area contributed by atoms with E-state index < -0.39 is 0 Å². The quantitative estimate of drug-likeness (QED) is 0.295. The van der Waals surface area contributed by atoms with E-state index in [2.05, 4.69) is 78.0 Å². The Morgan fingerprint density at radius 2 is 1.08 bits per heavy atom. The second-order valence-electron chi connectivity index (χ2n) is 13.2. The first-order chi connectivity index (χ1) is 16.8. The molecule has 0 spiro atoms. The molecule has 0 saturated carbocycles. The molecule has 3 heterocycles. The normalized spacial score (nSPS) is 49.2. The largest absolute Gasteiger partial charge is 0.381 e. The molecule has 0 N–H and O–H groups in total. The zero-order valence-electron chi connectivity index (χ0n) is 25.4. The topological polar surface area (TPSA) is 46.2 Å². The molecule has 0 aliphatic carbocycles. The molecule has 3 unspecified atom stereocenters. The Morgan fingerprint density at radius 1 is 0.639 bits per heavy atom. The van der Waals surface area contributed by atoms with Gasteiger partial charge in [0.15, 0.2) is 0 Å². The molecule has 3 saturated heterocycles. The van der Waals surface area contributed by atoms with Crippen molar-refractivity contribution in [1.29, 1.82) is 0 Å². The maximum atomic E-state index is 6.53. The van der Waals surface area contributed by atoms with Crippen molar-refractivity contribution < 1.29 is 23.7 Å². The highest BCUT2D eigenvalue weighted by atomic mass is 16.6. The van der Waals surface area contributed by atoms with Crippen molar-refractivity contribution in [2.45, 2.75) is 123 Å². The minimum Gasteiger partial charge on any atom is -0.381 e. The van der Waals surface area contributed by atoms with Crippen LogP contribution in [0.1, 0.15) is 88.0 Å². The van der Waals surface area contributed by atoms with Crippen LogP contribution < -0.4 is 0 Å². The molecule has 0 aromatic rings. The van der Waals surface area contributed by atoms with E-state index in [9.17, 15) is 0 Å². The highest BCUT2D eigenvalue weighted by Gasteiger charge is 2.50. The Morgan fingerprint density at radius 3 is 1.56 bits per heavy atom. The zero-order chi connectivity index (χ0) is 26.9. The average molecular weight is 506 g/mol. The number of hydrogen-bond donors (Lipinski definition) is 0. The van der Waals surface area contributed by atoms with Crippen molar-refractivity contribution in [3.63, 3.8) is 0 Å². The van der Waals surface area contributed by atoms with Crippen LogP contribution >= 0.6 is 0 Å². The van der Waals surface area contributed by atoms with Crippen LogP contribution in [0.5, 0.6) is 0 Å². The van der Waals surface area contributed by atoms with E-state index in [1.54, 1.807) is 0 Å². The van der Waals surface area contributed by atoms with Crippen molar-refractivity contribution in [3.05, 3.63) is 0 Å².